The van der Waals surface area contributed by atoms with Gasteiger partial charge in [0.2, 0.25) is 5.91 Å². The van der Waals surface area contributed by atoms with Crippen LogP contribution in [0.5, 0.6) is 5.75 Å². The van der Waals surface area contributed by atoms with Crippen molar-refractivity contribution in [2.75, 3.05) is 19.0 Å². The number of nitrogens with zero attached hydrogens (tertiary/aromatic N) is 1. The Morgan fingerprint density at radius 1 is 0.842 bits per heavy atom. The lowest BCUT2D eigenvalue weighted by molar-refractivity contribution is -0.121. The molecule has 2 aromatic rings. The van der Waals surface area contributed by atoms with E-state index in [0.29, 0.717) is 42.5 Å². The van der Waals surface area contributed by atoms with Crippen molar-refractivity contribution < 1.29 is 19.1 Å². The van der Waals surface area contributed by atoms with Gasteiger partial charge in [0.05, 0.1) is 7.11 Å². The number of carbonyl (C=O) groups excluding carboxylic acids is 3. The van der Waals surface area contributed by atoms with Crippen LogP contribution in [0.25, 0.3) is 0 Å². The summed E-state index contributed by atoms with van der Waals surface area (Å²) in [6.45, 7) is 8.44. The molecule has 5 rings (SSSR count). The van der Waals surface area contributed by atoms with Crippen molar-refractivity contribution in [1.29, 1.82) is 0 Å². The number of rotatable bonds is 5. The summed E-state index contributed by atoms with van der Waals surface area (Å²) in [5.74, 6) is 0.208. The third kappa shape index (κ3) is 4.92. The number of Topliss-reactive ketones (excluding diaryl/α,β-unsaturated/α-hetero) is 2. The van der Waals surface area contributed by atoms with Crippen LogP contribution in [0, 0.1) is 10.8 Å². The second-order valence-electron chi connectivity index (χ2n) is 12.3. The lowest BCUT2D eigenvalue weighted by Gasteiger charge is -2.48. The summed E-state index contributed by atoms with van der Waals surface area (Å²) in [6.07, 6.45) is 2.13. The molecule has 3 aliphatic rings. The van der Waals surface area contributed by atoms with E-state index in [4.69, 9.17) is 4.74 Å². The number of amides is 1. The molecule has 2 aliphatic carbocycles. The highest BCUT2D eigenvalue weighted by Crippen LogP contribution is 2.54. The third-order valence-corrected chi connectivity index (χ3v) is 7.83. The van der Waals surface area contributed by atoms with Crippen LogP contribution in [0.1, 0.15) is 64.9 Å². The van der Waals surface area contributed by atoms with Crippen LogP contribution in [0.2, 0.25) is 0 Å². The Bertz CT molecular complexity index is 1300. The molecule has 2 aromatic carbocycles. The Kier molecular flexibility index (Phi) is 6.54. The number of ether oxygens (including phenoxy) is 1. The van der Waals surface area contributed by atoms with Gasteiger partial charge in [-0.05, 0) is 53.5 Å². The smallest absolute Gasteiger partial charge is 0.244 e. The molecule has 0 saturated heterocycles. The molecular weight excluding hydrogens is 476 g/mol. The Hall–Kier alpha value is -3.67. The second kappa shape index (κ2) is 9.57. The van der Waals surface area contributed by atoms with Crippen LogP contribution < -0.4 is 10.1 Å². The molecule has 0 unspecified atom stereocenters. The SMILES string of the molecule is COc1ccc(C2C3=C(CC(C)(C)CC3=O)N(CC(=O)Nc3ccccc3)C3=C2C(=O)CC(C)(C)C3)cc1. The summed E-state index contributed by atoms with van der Waals surface area (Å²) in [6, 6.07) is 17.0. The van der Waals surface area contributed by atoms with Gasteiger partial charge < -0.3 is 15.0 Å². The summed E-state index contributed by atoms with van der Waals surface area (Å²) in [4.78, 5) is 43.0. The van der Waals surface area contributed by atoms with E-state index in [1.165, 1.54) is 0 Å². The first kappa shape index (κ1) is 26.0. The number of benzene rings is 2. The minimum Gasteiger partial charge on any atom is -0.497 e. The van der Waals surface area contributed by atoms with Crippen LogP contribution in [-0.4, -0.2) is 36.0 Å². The predicted molar refractivity (Wildman–Crippen MR) is 148 cm³/mol. The molecule has 1 N–H and O–H groups in total. The topological polar surface area (TPSA) is 75.7 Å². The van der Waals surface area contributed by atoms with Crippen molar-refractivity contribution in [3.05, 3.63) is 82.7 Å². The minimum absolute atomic E-state index is 0.0502. The molecule has 1 aliphatic heterocycles. The molecule has 0 radical (unpaired) electrons. The number of anilines is 1. The van der Waals surface area contributed by atoms with E-state index in [1.807, 2.05) is 59.5 Å². The summed E-state index contributed by atoms with van der Waals surface area (Å²) in [5, 5.41) is 2.99. The largest absolute Gasteiger partial charge is 0.497 e. The molecule has 0 aromatic heterocycles. The minimum atomic E-state index is -0.438. The molecule has 6 nitrogen and oxygen atoms in total. The second-order valence-corrected chi connectivity index (χ2v) is 12.3. The molecule has 0 atom stereocenters. The molecule has 198 valence electrons. The standard InChI is InChI=1S/C32H36N2O4/c1-31(2)15-23-29(25(35)17-31)28(20-11-13-22(38-5)14-12-20)30-24(16-32(3,4)18-26(30)36)34(23)19-27(37)33-21-9-7-6-8-10-21/h6-14,28H,15-19H2,1-5H3,(H,33,37). The highest BCUT2D eigenvalue weighted by Gasteiger charge is 2.49. The maximum atomic E-state index is 13.8. The third-order valence-electron chi connectivity index (χ3n) is 7.83. The number of nitrogens with one attached hydrogen (secondary N) is 1. The average molecular weight is 513 g/mol. The van der Waals surface area contributed by atoms with Crippen LogP contribution in [-0.2, 0) is 14.4 Å². The van der Waals surface area contributed by atoms with Gasteiger partial charge >= 0.3 is 0 Å². The highest BCUT2D eigenvalue weighted by atomic mass is 16.5. The number of allylic oxidation sites excluding steroid dienone is 4. The normalized spacial score (nSPS) is 20.7. The number of ketones is 2. The van der Waals surface area contributed by atoms with Crippen LogP contribution in [0.3, 0.4) is 0 Å². The van der Waals surface area contributed by atoms with Crippen molar-refractivity contribution in [3.63, 3.8) is 0 Å². The first-order chi connectivity index (χ1) is 18.0. The number of hydrogen-bond donors (Lipinski definition) is 1. The zero-order valence-corrected chi connectivity index (χ0v) is 22.9. The lowest BCUT2D eigenvalue weighted by atomic mass is 9.63. The summed E-state index contributed by atoms with van der Waals surface area (Å²) >= 11 is 0. The van der Waals surface area contributed by atoms with Crippen LogP contribution in [0.15, 0.2) is 77.1 Å². The van der Waals surface area contributed by atoms with E-state index in [1.54, 1.807) is 7.11 Å². The number of methoxy groups -OCH3 is 1. The van der Waals surface area contributed by atoms with Gasteiger partial charge in [0.1, 0.15) is 12.3 Å². The van der Waals surface area contributed by atoms with Gasteiger partial charge in [0.15, 0.2) is 11.6 Å². The van der Waals surface area contributed by atoms with E-state index in [2.05, 4.69) is 33.0 Å². The average Bonchev–Trinajstić information content (AvgIpc) is 2.84. The van der Waals surface area contributed by atoms with E-state index >= 15 is 0 Å². The molecule has 1 heterocycles. The number of para-hydroxylation sites is 1. The van der Waals surface area contributed by atoms with E-state index < -0.39 is 5.92 Å². The fraction of sp³-hybridized carbons (Fsp3) is 0.406. The van der Waals surface area contributed by atoms with Gasteiger partial charge in [-0.2, -0.15) is 0 Å². The molecular formula is C32H36N2O4. The van der Waals surface area contributed by atoms with Crippen molar-refractivity contribution in [2.24, 2.45) is 10.8 Å². The number of carbonyl (C=O) groups is 3. The summed E-state index contributed by atoms with van der Waals surface area (Å²) in [5.41, 5.74) is 4.19. The van der Waals surface area contributed by atoms with Gasteiger partial charge in [-0.1, -0.05) is 58.0 Å². The van der Waals surface area contributed by atoms with Gasteiger partial charge in [0, 0.05) is 47.0 Å². The molecule has 6 heteroatoms. The lowest BCUT2D eigenvalue weighted by Crippen LogP contribution is -2.46. The zero-order valence-electron chi connectivity index (χ0n) is 22.9. The Balaban J connectivity index is 1.66. The Labute approximate surface area is 224 Å². The highest BCUT2D eigenvalue weighted by molar-refractivity contribution is 6.07. The molecule has 0 fully saturated rings. The number of hydrogen-bond acceptors (Lipinski definition) is 5. The maximum Gasteiger partial charge on any atom is 0.244 e. The fourth-order valence-electron chi connectivity index (χ4n) is 6.23. The first-order valence-corrected chi connectivity index (χ1v) is 13.3. The van der Waals surface area contributed by atoms with Gasteiger partial charge in [-0.15, -0.1) is 0 Å². The van der Waals surface area contributed by atoms with Crippen LogP contribution in [0.4, 0.5) is 5.69 Å². The quantitative estimate of drug-likeness (QED) is 0.530. The molecule has 1 amide bonds. The van der Waals surface area contributed by atoms with E-state index in [-0.39, 0.29) is 34.8 Å². The van der Waals surface area contributed by atoms with Crippen molar-refractivity contribution in [3.8, 4) is 5.75 Å². The Morgan fingerprint density at radius 2 is 1.37 bits per heavy atom. The van der Waals surface area contributed by atoms with E-state index in [9.17, 15) is 14.4 Å². The Morgan fingerprint density at radius 3 is 1.87 bits per heavy atom. The monoisotopic (exact) mass is 512 g/mol. The van der Waals surface area contributed by atoms with Crippen molar-refractivity contribution in [1.82, 2.24) is 4.90 Å². The zero-order chi connectivity index (χ0) is 27.2. The van der Waals surface area contributed by atoms with Gasteiger partial charge in [0.25, 0.3) is 0 Å². The molecule has 0 spiro atoms. The predicted octanol–water partition coefficient (Wildman–Crippen LogP) is 6.02. The van der Waals surface area contributed by atoms with Gasteiger partial charge in [-0.25, -0.2) is 0 Å². The summed E-state index contributed by atoms with van der Waals surface area (Å²) < 4.78 is 5.37. The van der Waals surface area contributed by atoms with E-state index in [0.717, 1.165) is 22.7 Å². The fourth-order valence-corrected chi connectivity index (χ4v) is 6.23. The summed E-state index contributed by atoms with van der Waals surface area (Å²) in [7, 11) is 1.62. The molecule has 0 saturated carbocycles. The molecule has 38 heavy (non-hydrogen) atoms. The van der Waals surface area contributed by atoms with Crippen molar-refractivity contribution >= 4 is 23.2 Å². The van der Waals surface area contributed by atoms with Crippen LogP contribution >= 0.6 is 0 Å². The van der Waals surface area contributed by atoms with Crippen molar-refractivity contribution in [2.45, 2.75) is 59.3 Å². The first-order valence-electron chi connectivity index (χ1n) is 13.3. The maximum absolute atomic E-state index is 13.8. The molecule has 0 bridgehead atoms. The van der Waals surface area contributed by atoms with Gasteiger partial charge in [-0.3, -0.25) is 14.4 Å².